The lowest BCUT2D eigenvalue weighted by Gasteiger charge is -2.34. The molecule has 4 aromatic heterocycles. The predicted molar refractivity (Wildman–Crippen MR) is 165 cm³/mol. The van der Waals surface area contributed by atoms with Crippen molar-refractivity contribution in [1.29, 1.82) is 5.26 Å². The van der Waals surface area contributed by atoms with Crippen LogP contribution in [0.5, 0.6) is 0 Å². The zero-order valence-corrected chi connectivity index (χ0v) is 26.5. The fraction of sp³-hybridized carbons (Fsp3) is 0.419. The molecule has 4 aromatic rings. The van der Waals surface area contributed by atoms with Crippen molar-refractivity contribution in [2.45, 2.75) is 81.5 Å². The molecular formula is C31H36N8O4S. The summed E-state index contributed by atoms with van der Waals surface area (Å²) in [5.41, 5.74) is 1.61. The smallest absolute Gasteiger partial charge is 0.413 e. The van der Waals surface area contributed by atoms with E-state index in [1.807, 2.05) is 50.0 Å². The van der Waals surface area contributed by atoms with E-state index in [0.717, 1.165) is 28.9 Å². The Morgan fingerprint density at radius 1 is 1.05 bits per heavy atom. The molecule has 5 rings (SSSR count). The number of pyridine rings is 2. The minimum atomic E-state index is -0.638. The number of fused-ring (bicyclic) bond motifs is 1. The van der Waals surface area contributed by atoms with E-state index in [1.54, 1.807) is 48.5 Å². The number of piperidine rings is 1. The molecule has 1 atom stereocenters. The van der Waals surface area contributed by atoms with Gasteiger partial charge in [-0.2, -0.15) is 15.5 Å². The van der Waals surface area contributed by atoms with Crippen LogP contribution >= 0.6 is 11.8 Å². The minimum Gasteiger partial charge on any atom is -0.444 e. The normalized spacial score (nSPS) is 15.6. The number of carbonyl (C=O) groups excluding carboxylic acids is 2. The molecule has 0 saturated carbocycles. The van der Waals surface area contributed by atoms with Gasteiger partial charge in [0, 0.05) is 41.5 Å². The maximum absolute atomic E-state index is 12.7. The van der Waals surface area contributed by atoms with Crippen LogP contribution in [0.4, 0.5) is 15.4 Å². The number of nitrogens with zero attached hydrogens (tertiary/aromatic N) is 7. The molecule has 2 amide bonds. The summed E-state index contributed by atoms with van der Waals surface area (Å²) in [6.07, 6.45) is 8.00. The number of carbonyl (C=O) groups is 2. The van der Waals surface area contributed by atoms with Gasteiger partial charge >= 0.3 is 12.2 Å². The highest BCUT2D eigenvalue weighted by Gasteiger charge is 2.29. The van der Waals surface area contributed by atoms with E-state index < -0.39 is 17.3 Å². The summed E-state index contributed by atoms with van der Waals surface area (Å²) in [5.74, 6) is 0.347. The minimum absolute atomic E-state index is 0.0157. The monoisotopic (exact) mass is 616 g/mol. The average Bonchev–Trinajstić information content (AvgIpc) is 3.59. The molecular weight excluding hydrogens is 580 g/mol. The van der Waals surface area contributed by atoms with Gasteiger partial charge in [-0.05, 0) is 72.6 Å². The third-order valence-electron chi connectivity index (χ3n) is 6.62. The van der Waals surface area contributed by atoms with Crippen LogP contribution in [0.25, 0.3) is 16.6 Å². The summed E-state index contributed by atoms with van der Waals surface area (Å²) in [6, 6.07) is 9.52. The van der Waals surface area contributed by atoms with Gasteiger partial charge in [-0.1, -0.05) is 17.8 Å². The summed E-state index contributed by atoms with van der Waals surface area (Å²) < 4.78 is 14.5. The van der Waals surface area contributed by atoms with E-state index in [2.05, 4.69) is 26.6 Å². The molecule has 1 aliphatic heterocycles. The number of hydrogen-bond donors (Lipinski definition) is 1. The zero-order chi connectivity index (χ0) is 31.6. The topological polar surface area (TPSA) is 140 Å². The molecule has 0 bridgehead atoms. The molecule has 44 heavy (non-hydrogen) atoms. The molecule has 1 N–H and O–H groups in total. The van der Waals surface area contributed by atoms with Gasteiger partial charge in [0.05, 0.1) is 29.5 Å². The van der Waals surface area contributed by atoms with Gasteiger partial charge in [0.1, 0.15) is 28.1 Å². The van der Waals surface area contributed by atoms with Crippen molar-refractivity contribution in [3.8, 4) is 17.2 Å². The Morgan fingerprint density at radius 2 is 1.82 bits per heavy atom. The number of ether oxygens (including phenoxy) is 2. The first kappa shape index (κ1) is 30.9. The van der Waals surface area contributed by atoms with Crippen molar-refractivity contribution in [2.75, 3.05) is 18.4 Å². The van der Waals surface area contributed by atoms with Gasteiger partial charge in [-0.3, -0.25) is 10.00 Å². The average molecular weight is 617 g/mol. The first-order valence-electron chi connectivity index (χ1n) is 14.4. The van der Waals surface area contributed by atoms with Crippen LogP contribution < -0.4 is 5.32 Å². The van der Waals surface area contributed by atoms with Crippen LogP contribution in [-0.4, -0.2) is 65.8 Å². The molecule has 5 heterocycles. The molecule has 0 unspecified atom stereocenters. The second-order valence-electron chi connectivity index (χ2n) is 12.6. The quantitative estimate of drug-likeness (QED) is 0.265. The number of likely N-dealkylation sites (tertiary alicyclic amines) is 1. The molecule has 13 heteroatoms. The fourth-order valence-electron chi connectivity index (χ4n) is 4.81. The van der Waals surface area contributed by atoms with Crippen LogP contribution in [0.15, 0.2) is 59.0 Å². The molecule has 0 aromatic carbocycles. The van der Waals surface area contributed by atoms with E-state index in [1.165, 1.54) is 18.0 Å². The van der Waals surface area contributed by atoms with E-state index in [9.17, 15) is 14.9 Å². The zero-order valence-electron chi connectivity index (χ0n) is 25.7. The highest BCUT2D eigenvalue weighted by molar-refractivity contribution is 7.99. The number of aromatic nitrogens is 5. The van der Waals surface area contributed by atoms with Gasteiger partial charge in [-0.15, -0.1) is 0 Å². The van der Waals surface area contributed by atoms with E-state index in [4.69, 9.17) is 9.47 Å². The lowest BCUT2D eigenvalue weighted by atomic mass is 10.1. The second kappa shape index (κ2) is 12.2. The van der Waals surface area contributed by atoms with Gasteiger partial charge in [0.25, 0.3) is 0 Å². The van der Waals surface area contributed by atoms with Crippen LogP contribution in [0, 0.1) is 11.3 Å². The van der Waals surface area contributed by atoms with Gasteiger partial charge in [0.15, 0.2) is 0 Å². The Morgan fingerprint density at radius 3 is 2.55 bits per heavy atom. The van der Waals surface area contributed by atoms with Crippen molar-refractivity contribution in [3.63, 3.8) is 0 Å². The maximum Gasteiger partial charge on any atom is 0.413 e. The number of hydrogen-bond acceptors (Lipinski definition) is 9. The number of anilines is 1. The molecule has 1 saturated heterocycles. The van der Waals surface area contributed by atoms with Crippen LogP contribution in [0.2, 0.25) is 0 Å². The van der Waals surface area contributed by atoms with Crippen molar-refractivity contribution in [3.05, 3.63) is 54.6 Å². The Labute approximate surface area is 260 Å². The van der Waals surface area contributed by atoms with Gasteiger partial charge < -0.3 is 14.4 Å². The van der Waals surface area contributed by atoms with Crippen LogP contribution in [0.1, 0.15) is 66.0 Å². The van der Waals surface area contributed by atoms with Crippen molar-refractivity contribution >= 4 is 35.3 Å². The lowest BCUT2D eigenvalue weighted by molar-refractivity contribution is 0.0167. The van der Waals surface area contributed by atoms with Crippen LogP contribution in [-0.2, 0) is 9.47 Å². The van der Waals surface area contributed by atoms with E-state index >= 15 is 0 Å². The molecule has 1 fully saturated rings. The number of rotatable bonds is 5. The van der Waals surface area contributed by atoms with E-state index in [0.29, 0.717) is 35.0 Å². The molecule has 0 spiro atoms. The number of amides is 2. The second-order valence-corrected chi connectivity index (χ2v) is 13.6. The van der Waals surface area contributed by atoms with Crippen LogP contribution in [0.3, 0.4) is 0 Å². The molecule has 1 aliphatic rings. The molecule has 230 valence electrons. The Hall–Kier alpha value is -4.57. The fourth-order valence-corrected chi connectivity index (χ4v) is 5.82. The SMILES string of the molecule is CC(C)(C)OC(=O)Nc1cccc(Sc2cc(-c3cnn([C@H]4CCCN(C(=O)OC(C)(C)C)C4)c3)cn3ncc(C#N)c23)n1. The number of nitrogens with one attached hydrogen (secondary N) is 1. The van der Waals surface area contributed by atoms with Crippen molar-refractivity contribution < 1.29 is 19.1 Å². The standard InChI is InChI=1S/C31H36N8O4S/c1-30(2,3)42-28(40)36-25-10-7-11-26(35-25)44-24-13-20(17-39-27(24)21(14-32)15-34-39)22-16-33-38(18-22)23-9-8-12-37(19-23)29(41)43-31(4,5)6/h7,10-11,13,15-18,23H,8-9,12,19H2,1-6H3,(H,35,36,40)/t23-/m0/s1. The largest absolute Gasteiger partial charge is 0.444 e. The summed E-state index contributed by atoms with van der Waals surface area (Å²) in [7, 11) is 0. The maximum atomic E-state index is 12.7. The Balaban J connectivity index is 1.40. The first-order chi connectivity index (χ1) is 20.8. The summed E-state index contributed by atoms with van der Waals surface area (Å²) in [4.78, 5) is 32.1. The summed E-state index contributed by atoms with van der Waals surface area (Å²) >= 11 is 1.36. The van der Waals surface area contributed by atoms with Crippen molar-refractivity contribution in [1.82, 2.24) is 29.3 Å². The third-order valence-corrected chi connectivity index (χ3v) is 7.59. The summed E-state index contributed by atoms with van der Waals surface area (Å²) in [5, 5.41) is 22.1. The highest BCUT2D eigenvalue weighted by Crippen LogP contribution is 2.36. The third kappa shape index (κ3) is 7.49. The Bertz CT molecular complexity index is 1730. The Kier molecular flexibility index (Phi) is 8.56. The van der Waals surface area contributed by atoms with Gasteiger partial charge in [0.2, 0.25) is 0 Å². The molecule has 12 nitrogen and oxygen atoms in total. The van der Waals surface area contributed by atoms with E-state index in [-0.39, 0.29) is 12.1 Å². The lowest BCUT2D eigenvalue weighted by Crippen LogP contribution is -2.43. The van der Waals surface area contributed by atoms with Crippen molar-refractivity contribution in [2.24, 2.45) is 0 Å². The van der Waals surface area contributed by atoms with Gasteiger partial charge in [-0.25, -0.2) is 19.1 Å². The highest BCUT2D eigenvalue weighted by atomic mass is 32.2. The predicted octanol–water partition coefficient (Wildman–Crippen LogP) is 6.53. The summed E-state index contributed by atoms with van der Waals surface area (Å²) in [6.45, 7) is 12.1. The number of nitriles is 1. The molecule has 0 radical (unpaired) electrons. The molecule has 0 aliphatic carbocycles. The first-order valence-corrected chi connectivity index (χ1v) is 15.2.